The van der Waals surface area contributed by atoms with Crippen molar-refractivity contribution in [1.82, 2.24) is 18.9 Å². The van der Waals surface area contributed by atoms with Gasteiger partial charge < -0.3 is 4.57 Å². The molecule has 0 aliphatic carbocycles. The number of para-hydroxylation sites is 1. The van der Waals surface area contributed by atoms with Gasteiger partial charge in [-0.3, -0.25) is 4.40 Å². The molecule has 0 radical (unpaired) electrons. The first kappa shape index (κ1) is 18.6. The first-order chi connectivity index (χ1) is 16.8. The van der Waals surface area contributed by atoms with E-state index >= 15 is 0 Å². The molecule has 0 spiro atoms. The highest BCUT2D eigenvalue weighted by Gasteiger charge is 2.14. The summed E-state index contributed by atoms with van der Waals surface area (Å²) in [5.74, 6) is 0.695. The fourth-order valence-electron chi connectivity index (χ4n) is 4.87. The topological polar surface area (TPSA) is 58.9 Å². The van der Waals surface area contributed by atoms with Crippen LogP contribution < -0.4 is 0 Å². The second kappa shape index (κ2) is 7.03. The van der Waals surface area contributed by atoms with Crippen molar-refractivity contribution in [2.45, 2.75) is 0 Å². The molecule has 0 aliphatic heterocycles. The third-order valence-corrected chi connectivity index (χ3v) is 6.42. The summed E-state index contributed by atoms with van der Waals surface area (Å²) in [5.41, 5.74) is 8.09. The third-order valence-electron chi connectivity index (χ3n) is 6.42. The number of benzene rings is 4. The van der Waals surface area contributed by atoms with Gasteiger partial charge in [-0.25, -0.2) is 9.97 Å². The smallest absolute Gasteiger partial charge is 0.234 e. The van der Waals surface area contributed by atoms with Crippen LogP contribution in [0.25, 0.3) is 55.4 Å². The van der Waals surface area contributed by atoms with Crippen molar-refractivity contribution in [1.29, 1.82) is 5.26 Å². The molecule has 5 nitrogen and oxygen atoms in total. The Kier molecular flexibility index (Phi) is 3.84. The second-order valence-electron chi connectivity index (χ2n) is 8.35. The summed E-state index contributed by atoms with van der Waals surface area (Å²) in [5, 5.41) is 11.7. The Morgan fingerprint density at radius 2 is 1.44 bits per heavy atom. The van der Waals surface area contributed by atoms with Crippen LogP contribution in [0.5, 0.6) is 0 Å². The molecule has 0 unspecified atom stereocenters. The molecule has 7 rings (SSSR count). The zero-order valence-electron chi connectivity index (χ0n) is 18.1. The molecule has 34 heavy (non-hydrogen) atoms. The van der Waals surface area contributed by atoms with Crippen molar-refractivity contribution < 1.29 is 0 Å². The largest absolute Gasteiger partial charge is 0.309 e. The van der Waals surface area contributed by atoms with Gasteiger partial charge in [0.25, 0.3) is 0 Å². The molecule has 0 N–H and O–H groups in total. The average molecular weight is 435 g/mol. The minimum atomic E-state index is 0.656. The van der Waals surface area contributed by atoms with Crippen molar-refractivity contribution >= 4 is 38.6 Å². The molecular formula is C29H17N5. The summed E-state index contributed by atoms with van der Waals surface area (Å²) in [6, 6.07) is 33.3. The van der Waals surface area contributed by atoms with E-state index in [4.69, 9.17) is 4.98 Å². The van der Waals surface area contributed by atoms with Crippen molar-refractivity contribution in [2.24, 2.45) is 0 Å². The predicted octanol–water partition coefficient (Wildman–Crippen LogP) is 6.52. The normalized spacial score (nSPS) is 11.5. The summed E-state index contributed by atoms with van der Waals surface area (Å²) in [6.07, 6.45) is 3.74. The average Bonchev–Trinajstić information content (AvgIpc) is 3.43. The summed E-state index contributed by atoms with van der Waals surface area (Å²) in [6.45, 7) is 0. The van der Waals surface area contributed by atoms with Gasteiger partial charge in [0, 0.05) is 28.9 Å². The molecule has 0 saturated carbocycles. The standard InChI is InChI=1S/C29H17N5/c30-18-19-7-10-26-23(15-19)24-16-20(8-11-27(24)34(26)22-5-2-1-3-6-22)21-9-12-28-25(17-21)32-29-31-13-4-14-33(28)29/h1-17H. The number of hydrogen-bond donors (Lipinski definition) is 0. The minimum Gasteiger partial charge on any atom is -0.309 e. The highest BCUT2D eigenvalue weighted by Crippen LogP contribution is 2.36. The van der Waals surface area contributed by atoms with Gasteiger partial charge in [0.2, 0.25) is 5.78 Å². The molecule has 3 heterocycles. The maximum Gasteiger partial charge on any atom is 0.234 e. The number of aromatic nitrogens is 4. The summed E-state index contributed by atoms with van der Waals surface area (Å²) < 4.78 is 4.26. The van der Waals surface area contributed by atoms with Crippen LogP contribution >= 0.6 is 0 Å². The Morgan fingerprint density at radius 3 is 2.26 bits per heavy atom. The molecule has 4 aromatic carbocycles. The van der Waals surface area contributed by atoms with Crippen LogP contribution in [0.3, 0.4) is 0 Å². The summed E-state index contributed by atoms with van der Waals surface area (Å²) >= 11 is 0. The number of hydrogen-bond acceptors (Lipinski definition) is 3. The van der Waals surface area contributed by atoms with E-state index in [0.717, 1.165) is 49.7 Å². The maximum atomic E-state index is 9.52. The SMILES string of the molecule is N#Cc1ccc2c(c1)c1cc(-c3ccc4c(c3)nc3ncccn34)ccc1n2-c1ccccc1. The zero-order valence-corrected chi connectivity index (χ0v) is 18.1. The van der Waals surface area contributed by atoms with E-state index in [1.807, 2.05) is 53.1 Å². The highest BCUT2D eigenvalue weighted by molar-refractivity contribution is 6.11. The quantitative estimate of drug-likeness (QED) is 0.311. The molecular weight excluding hydrogens is 418 g/mol. The molecule has 0 saturated heterocycles. The van der Waals surface area contributed by atoms with E-state index in [1.54, 1.807) is 6.20 Å². The van der Waals surface area contributed by atoms with E-state index in [0.29, 0.717) is 11.3 Å². The van der Waals surface area contributed by atoms with Crippen molar-refractivity contribution in [3.8, 4) is 22.9 Å². The molecule has 0 atom stereocenters. The Bertz CT molecular complexity index is 1920. The van der Waals surface area contributed by atoms with E-state index in [9.17, 15) is 5.26 Å². The summed E-state index contributed by atoms with van der Waals surface area (Å²) in [4.78, 5) is 9.06. The lowest BCUT2D eigenvalue weighted by Gasteiger charge is -2.08. The number of fused-ring (bicyclic) bond motifs is 6. The van der Waals surface area contributed by atoms with Crippen LogP contribution in [0.1, 0.15) is 5.56 Å². The molecule has 7 aromatic rings. The number of nitrogens with zero attached hydrogens (tertiary/aromatic N) is 5. The molecule has 5 heteroatoms. The van der Waals surface area contributed by atoms with E-state index in [2.05, 4.69) is 64.2 Å². The van der Waals surface area contributed by atoms with Gasteiger partial charge >= 0.3 is 0 Å². The monoisotopic (exact) mass is 435 g/mol. The molecule has 158 valence electrons. The predicted molar refractivity (Wildman–Crippen MR) is 135 cm³/mol. The first-order valence-electron chi connectivity index (χ1n) is 11.1. The van der Waals surface area contributed by atoms with Crippen LogP contribution in [-0.4, -0.2) is 18.9 Å². The molecule has 0 aliphatic rings. The van der Waals surface area contributed by atoms with Crippen LogP contribution in [0.4, 0.5) is 0 Å². The van der Waals surface area contributed by atoms with Gasteiger partial charge in [0.15, 0.2) is 0 Å². The zero-order chi connectivity index (χ0) is 22.6. The maximum absolute atomic E-state index is 9.52. The molecule has 0 bridgehead atoms. The van der Waals surface area contributed by atoms with Gasteiger partial charge in [0.1, 0.15) is 0 Å². The lowest BCUT2D eigenvalue weighted by molar-refractivity contribution is 1.13. The van der Waals surface area contributed by atoms with Gasteiger partial charge in [-0.1, -0.05) is 30.3 Å². The Morgan fingerprint density at radius 1 is 0.706 bits per heavy atom. The van der Waals surface area contributed by atoms with Crippen LogP contribution in [0.15, 0.2) is 103 Å². The molecule has 3 aromatic heterocycles. The molecule has 0 amide bonds. The summed E-state index contributed by atoms with van der Waals surface area (Å²) in [7, 11) is 0. The van der Waals surface area contributed by atoms with Gasteiger partial charge in [0.05, 0.1) is 33.7 Å². The second-order valence-corrected chi connectivity index (χ2v) is 8.35. The van der Waals surface area contributed by atoms with Gasteiger partial charge in [-0.15, -0.1) is 0 Å². The number of nitriles is 1. The van der Waals surface area contributed by atoms with Gasteiger partial charge in [-0.05, 0) is 71.8 Å². The third kappa shape index (κ3) is 2.66. The Balaban J connectivity index is 1.49. The van der Waals surface area contributed by atoms with Crippen LogP contribution in [0.2, 0.25) is 0 Å². The van der Waals surface area contributed by atoms with Crippen molar-refractivity contribution in [3.05, 3.63) is 109 Å². The van der Waals surface area contributed by atoms with E-state index in [1.165, 1.54) is 0 Å². The lowest BCUT2D eigenvalue weighted by Crippen LogP contribution is -1.93. The van der Waals surface area contributed by atoms with E-state index < -0.39 is 0 Å². The van der Waals surface area contributed by atoms with Crippen LogP contribution in [-0.2, 0) is 0 Å². The Hall–Kier alpha value is -4.95. The fraction of sp³-hybridized carbons (Fsp3) is 0. The van der Waals surface area contributed by atoms with Crippen LogP contribution in [0, 0.1) is 11.3 Å². The first-order valence-corrected chi connectivity index (χ1v) is 11.1. The highest BCUT2D eigenvalue weighted by atomic mass is 15.1. The Labute approximate surface area is 194 Å². The number of rotatable bonds is 2. The van der Waals surface area contributed by atoms with Gasteiger partial charge in [-0.2, -0.15) is 5.26 Å². The van der Waals surface area contributed by atoms with Crippen molar-refractivity contribution in [3.63, 3.8) is 0 Å². The number of imidazole rings is 1. The molecule has 0 fully saturated rings. The van der Waals surface area contributed by atoms with E-state index in [-0.39, 0.29) is 0 Å². The van der Waals surface area contributed by atoms with Crippen molar-refractivity contribution in [2.75, 3.05) is 0 Å². The minimum absolute atomic E-state index is 0.656. The fourth-order valence-corrected chi connectivity index (χ4v) is 4.87. The lowest BCUT2D eigenvalue weighted by atomic mass is 10.0.